The van der Waals surface area contributed by atoms with E-state index in [9.17, 15) is 9.59 Å². The van der Waals surface area contributed by atoms with Crippen molar-refractivity contribution in [2.75, 3.05) is 11.4 Å². The van der Waals surface area contributed by atoms with Crippen LogP contribution in [-0.4, -0.2) is 23.9 Å². The lowest BCUT2D eigenvalue weighted by Gasteiger charge is -2.33. The molecule has 1 aliphatic rings. The van der Waals surface area contributed by atoms with Crippen LogP contribution in [0.2, 0.25) is 0 Å². The highest BCUT2D eigenvalue weighted by Gasteiger charge is 2.42. The Morgan fingerprint density at radius 3 is 2.52 bits per heavy atom. The number of carbonyl (C=O) groups is 2. The maximum atomic E-state index is 13.0. The largest absolute Gasteiger partial charge is 0.342 e. The molecule has 0 aliphatic carbocycles. The van der Waals surface area contributed by atoms with Gasteiger partial charge in [0.1, 0.15) is 5.54 Å². The Hall–Kier alpha value is -1.36. The van der Waals surface area contributed by atoms with Crippen molar-refractivity contribution in [3.63, 3.8) is 0 Å². The number of hydrogen-bond acceptors (Lipinski definition) is 2. The molecule has 21 heavy (non-hydrogen) atoms. The minimum Gasteiger partial charge on any atom is -0.342 e. The summed E-state index contributed by atoms with van der Waals surface area (Å²) in [5.41, 5.74) is 1.14. The number of amides is 2. The van der Waals surface area contributed by atoms with Gasteiger partial charge in [-0.25, -0.2) is 0 Å². The zero-order valence-electron chi connectivity index (χ0n) is 12.7. The molecule has 1 aromatic carbocycles. The van der Waals surface area contributed by atoms with E-state index in [4.69, 9.17) is 0 Å². The first kappa shape index (κ1) is 16.0. The number of aryl methyl sites for hydroxylation is 1. The minimum atomic E-state index is -0.783. The number of benzene rings is 1. The Balaban J connectivity index is 2.44. The number of anilines is 1. The summed E-state index contributed by atoms with van der Waals surface area (Å²) in [6, 6.07) is 5.84. The highest BCUT2D eigenvalue weighted by atomic mass is 79.9. The minimum absolute atomic E-state index is 0.0138. The van der Waals surface area contributed by atoms with Crippen molar-refractivity contribution in [1.82, 2.24) is 5.32 Å². The van der Waals surface area contributed by atoms with Crippen molar-refractivity contribution in [3.8, 4) is 0 Å². The maximum Gasteiger partial charge on any atom is 0.252 e. The third-order valence-corrected chi connectivity index (χ3v) is 5.15. The second-order valence-electron chi connectivity index (χ2n) is 5.48. The average Bonchev–Trinajstić information content (AvgIpc) is 2.60. The Labute approximate surface area is 134 Å². The highest BCUT2D eigenvalue weighted by molar-refractivity contribution is 9.10. The molecular formula is C16H21BrN2O2. The van der Waals surface area contributed by atoms with E-state index in [1.165, 1.54) is 0 Å². The summed E-state index contributed by atoms with van der Waals surface area (Å²) >= 11 is 3.47. The zero-order chi connectivity index (χ0) is 15.6. The van der Waals surface area contributed by atoms with Crippen LogP contribution >= 0.6 is 15.9 Å². The van der Waals surface area contributed by atoms with Crippen LogP contribution in [0, 0.1) is 6.92 Å². The summed E-state index contributed by atoms with van der Waals surface area (Å²) in [6.07, 6.45) is 1.53. The van der Waals surface area contributed by atoms with E-state index in [-0.39, 0.29) is 11.8 Å². The van der Waals surface area contributed by atoms with Crippen LogP contribution < -0.4 is 10.2 Å². The van der Waals surface area contributed by atoms with Crippen LogP contribution in [0.15, 0.2) is 22.7 Å². The third kappa shape index (κ3) is 2.98. The van der Waals surface area contributed by atoms with E-state index >= 15 is 0 Å². The van der Waals surface area contributed by atoms with E-state index in [0.29, 0.717) is 25.8 Å². The molecule has 0 atom stereocenters. The first-order chi connectivity index (χ1) is 9.93. The summed E-state index contributed by atoms with van der Waals surface area (Å²) < 4.78 is 1.01. The second-order valence-corrected chi connectivity index (χ2v) is 6.33. The van der Waals surface area contributed by atoms with Gasteiger partial charge < -0.3 is 10.2 Å². The average molecular weight is 353 g/mol. The van der Waals surface area contributed by atoms with Gasteiger partial charge in [0, 0.05) is 23.1 Å². The molecule has 0 spiro atoms. The molecule has 0 aromatic heterocycles. The Kier molecular flexibility index (Phi) is 4.71. The molecule has 0 radical (unpaired) electrons. The number of carbonyl (C=O) groups excluding carboxylic acids is 2. The van der Waals surface area contributed by atoms with Crippen molar-refractivity contribution >= 4 is 33.4 Å². The van der Waals surface area contributed by atoms with Crippen molar-refractivity contribution in [3.05, 3.63) is 28.2 Å². The van der Waals surface area contributed by atoms with Gasteiger partial charge in [0.2, 0.25) is 5.91 Å². The van der Waals surface area contributed by atoms with E-state index < -0.39 is 5.54 Å². The summed E-state index contributed by atoms with van der Waals surface area (Å²) in [6.45, 7) is 6.30. The number of nitrogens with zero attached hydrogens (tertiary/aromatic N) is 1. The number of nitrogens with one attached hydrogen (secondary N) is 1. The maximum absolute atomic E-state index is 13.0. The molecular weight excluding hydrogens is 332 g/mol. The van der Waals surface area contributed by atoms with Gasteiger partial charge >= 0.3 is 0 Å². The third-order valence-electron chi connectivity index (χ3n) is 4.26. The molecule has 1 aliphatic heterocycles. The lowest BCUT2D eigenvalue weighted by Crippen LogP contribution is -2.56. The van der Waals surface area contributed by atoms with Crippen molar-refractivity contribution in [2.45, 2.75) is 45.6 Å². The van der Waals surface area contributed by atoms with Gasteiger partial charge in [0.05, 0.1) is 0 Å². The van der Waals surface area contributed by atoms with E-state index in [1.807, 2.05) is 39.0 Å². The summed E-state index contributed by atoms with van der Waals surface area (Å²) in [5.74, 6) is -0.0662. The van der Waals surface area contributed by atoms with Crippen LogP contribution in [0.4, 0.5) is 5.69 Å². The summed E-state index contributed by atoms with van der Waals surface area (Å²) in [4.78, 5) is 26.7. The molecule has 1 N–H and O–H groups in total. The van der Waals surface area contributed by atoms with E-state index in [0.717, 1.165) is 15.7 Å². The van der Waals surface area contributed by atoms with Crippen LogP contribution in [0.3, 0.4) is 0 Å². The van der Waals surface area contributed by atoms with Crippen molar-refractivity contribution in [2.24, 2.45) is 0 Å². The highest BCUT2D eigenvalue weighted by Crippen LogP contribution is 2.28. The fraction of sp³-hybridized carbons (Fsp3) is 0.500. The van der Waals surface area contributed by atoms with Gasteiger partial charge in [0.15, 0.2) is 0 Å². The lowest BCUT2D eigenvalue weighted by molar-refractivity contribution is -0.130. The Bertz CT molecular complexity index is 567. The molecule has 4 nitrogen and oxygen atoms in total. The van der Waals surface area contributed by atoms with Crippen LogP contribution in [0.1, 0.15) is 38.7 Å². The van der Waals surface area contributed by atoms with Gasteiger partial charge in [-0.15, -0.1) is 0 Å². The molecule has 1 saturated heterocycles. The van der Waals surface area contributed by atoms with Gasteiger partial charge in [-0.2, -0.15) is 0 Å². The molecule has 2 amide bonds. The number of halogens is 1. The SMILES string of the molecule is CCC1(CC)NC(=O)CCN(c2ccc(Br)c(C)c2)C1=O. The standard InChI is InChI=1S/C16H21BrN2O2/c1-4-16(5-2)15(21)19(9-8-14(20)18-16)12-6-7-13(17)11(3)10-12/h6-7,10H,4-5,8-9H2,1-3H3,(H,18,20). The first-order valence-electron chi connectivity index (χ1n) is 7.32. The molecule has 0 bridgehead atoms. The topological polar surface area (TPSA) is 49.4 Å². The first-order valence-corrected chi connectivity index (χ1v) is 8.12. The molecule has 5 heteroatoms. The van der Waals surface area contributed by atoms with E-state index in [2.05, 4.69) is 21.2 Å². The Morgan fingerprint density at radius 2 is 1.95 bits per heavy atom. The predicted molar refractivity (Wildman–Crippen MR) is 87.3 cm³/mol. The van der Waals surface area contributed by atoms with E-state index in [1.54, 1.807) is 4.90 Å². The lowest BCUT2D eigenvalue weighted by atomic mass is 9.91. The van der Waals surface area contributed by atoms with Gasteiger partial charge in [0.25, 0.3) is 5.91 Å². The molecule has 1 heterocycles. The number of hydrogen-bond donors (Lipinski definition) is 1. The molecule has 2 rings (SSSR count). The zero-order valence-corrected chi connectivity index (χ0v) is 14.3. The molecule has 1 aromatic rings. The molecule has 0 saturated carbocycles. The monoisotopic (exact) mass is 352 g/mol. The van der Waals surface area contributed by atoms with Crippen molar-refractivity contribution in [1.29, 1.82) is 0 Å². The summed E-state index contributed by atoms with van der Waals surface area (Å²) in [7, 11) is 0. The van der Waals surface area contributed by atoms with Crippen LogP contribution in [0.5, 0.6) is 0 Å². The van der Waals surface area contributed by atoms with Gasteiger partial charge in [-0.05, 0) is 43.5 Å². The second kappa shape index (κ2) is 6.18. The van der Waals surface area contributed by atoms with Crippen molar-refractivity contribution < 1.29 is 9.59 Å². The molecule has 114 valence electrons. The van der Waals surface area contributed by atoms with Gasteiger partial charge in [-0.1, -0.05) is 29.8 Å². The van der Waals surface area contributed by atoms with Gasteiger partial charge in [-0.3, -0.25) is 9.59 Å². The smallest absolute Gasteiger partial charge is 0.252 e. The van der Waals surface area contributed by atoms with Crippen LogP contribution in [0.25, 0.3) is 0 Å². The fourth-order valence-corrected chi connectivity index (χ4v) is 2.98. The van der Waals surface area contributed by atoms with Crippen LogP contribution in [-0.2, 0) is 9.59 Å². The molecule has 1 fully saturated rings. The fourth-order valence-electron chi connectivity index (χ4n) is 2.73. The normalized spacial score (nSPS) is 18.4. The summed E-state index contributed by atoms with van der Waals surface area (Å²) in [5, 5.41) is 2.93. The quantitative estimate of drug-likeness (QED) is 0.908. The molecule has 0 unspecified atom stereocenters. The predicted octanol–water partition coefficient (Wildman–Crippen LogP) is 3.17. The number of rotatable bonds is 3. The Morgan fingerprint density at radius 1 is 1.29 bits per heavy atom.